The Labute approximate surface area is 146 Å². The van der Waals surface area contributed by atoms with Gasteiger partial charge in [-0.15, -0.1) is 0 Å². The third-order valence-corrected chi connectivity index (χ3v) is 4.08. The van der Waals surface area contributed by atoms with Crippen molar-refractivity contribution in [1.82, 2.24) is 9.88 Å². The van der Waals surface area contributed by atoms with E-state index in [1.807, 2.05) is 30.9 Å². The van der Waals surface area contributed by atoms with Gasteiger partial charge in [0.15, 0.2) is 0 Å². The number of aromatic nitrogens is 1. The molecule has 1 fully saturated rings. The molecule has 1 amide bonds. The van der Waals surface area contributed by atoms with Crippen LogP contribution in [0.25, 0.3) is 0 Å². The summed E-state index contributed by atoms with van der Waals surface area (Å²) in [6.45, 7) is 5.71. The van der Waals surface area contributed by atoms with E-state index in [1.165, 1.54) is 6.07 Å². The highest BCUT2D eigenvalue weighted by atomic mass is 19.1. The minimum absolute atomic E-state index is 0.0467. The lowest BCUT2D eigenvalue weighted by Gasteiger charge is -2.16. The van der Waals surface area contributed by atoms with Gasteiger partial charge in [-0.25, -0.2) is 0 Å². The molecule has 25 heavy (non-hydrogen) atoms. The normalized spacial score (nSPS) is 17.5. The van der Waals surface area contributed by atoms with Gasteiger partial charge in [-0.05, 0) is 49.6 Å². The zero-order valence-corrected chi connectivity index (χ0v) is 14.5. The van der Waals surface area contributed by atoms with Gasteiger partial charge < -0.3 is 10.1 Å². The molecule has 0 bridgehead atoms. The molecule has 0 radical (unpaired) electrons. The van der Waals surface area contributed by atoms with Crippen LogP contribution in [0.2, 0.25) is 0 Å². The number of aryl methyl sites for hydroxylation is 2. The highest BCUT2D eigenvalue weighted by Crippen LogP contribution is 2.17. The van der Waals surface area contributed by atoms with E-state index in [2.05, 4.69) is 16.4 Å². The Bertz CT molecular complexity index is 746. The highest BCUT2D eigenvalue weighted by Gasteiger charge is 2.26. The third-order valence-electron chi connectivity index (χ3n) is 4.08. The molecule has 0 spiro atoms. The SMILES string of the molecule is Cc1cc(C)cc(NC(=O)CN2CCC(Oc3cccc(F)n3)C2)c1. The van der Waals surface area contributed by atoms with Crippen molar-refractivity contribution in [2.24, 2.45) is 0 Å². The number of pyridine rings is 1. The van der Waals surface area contributed by atoms with Crippen molar-refractivity contribution in [2.45, 2.75) is 26.4 Å². The molecule has 2 aromatic rings. The van der Waals surface area contributed by atoms with E-state index in [-0.39, 0.29) is 17.9 Å². The average molecular weight is 343 g/mol. The lowest BCUT2D eigenvalue weighted by atomic mass is 10.1. The van der Waals surface area contributed by atoms with E-state index >= 15 is 0 Å². The van der Waals surface area contributed by atoms with E-state index in [4.69, 9.17) is 4.74 Å². The maximum Gasteiger partial charge on any atom is 0.238 e. The Morgan fingerprint density at radius 1 is 1.32 bits per heavy atom. The van der Waals surface area contributed by atoms with E-state index in [0.717, 1.165) is 29.8 Å². The molecule has 1 unspecified atom stereocenters. The fraction of sp³-hybridized carbons (Fsp3) is 0.368. The molecule has 1 N–H and O–H groups in total. The molecular weight excluding hydrogens is 321 g/mol. The molecular formula is C19H22FN3O2. The summed E-state index contributed by atoms with van der Waals surface area (Å²) in [7, 11) is 0. The summed E-state index contributed by atoms with van der Waals surface area (Å²) < 4.78 is 18.8. The highest BCUT2D eigenvalue weighted by molar-refractivity contribution is 5.92. The number of carbonyl (C=O) groups is 1. The predicted octanol–water partition coefficient (Wildman–Crippen LogP) is 2.93. The Morgan fingerprint density at radius 2 is 2.08 bits per heavy atom. The van der Waals surface area contributed by atoms with Gasteiger partial charge in [0.2, 0.25) is 17.7 Å². The number of carbonyl (C=O) groups excluding carboxylic acids is 1. The van der Waals surface area contributed by atoms with Crippen LogP contribution in [0.3, 0.4) is 0 Å². The first kappa shape index (κ1) is 17.4. The summed E-state index contributed by atoms with van der Waals surface area (Å²) in [5.74, 6) is -0.318. The molecule has 0 aliphatic carbocycles. The summed E-state index contributed by atoms with van der Waals surface area (Å²) in [4.78, 5) is 18.0. The van der Waals surface area contributed by atoms with Crippen LogP contribution < -0.4 is 10.1 Å². The number of anilines is 1. The quantitative estimate of drug-likeness (QED) is 0.848. The van der Waals surface area contributed by atoms with Crippen molar-refractivity contribution in [3.63, 3.8) is 0 Å². The van der Waals surface area contributed by atoms with Crippen LogP contribution in [0.5, 0.6) is 5.88 Å². The summed E-state index contributed by atoms with van der Waals surface area (Å²) in [5, 5.41) is 2.94. The Hall–Kier alpha value is -2.47. The minimum Gasteiger partial charge on any atom is -0.473 e. The number of halogens is 1. The second-order valence-corrected chi connectivity index (χ2v) is 6.49. The van der Waals surface area contributed by atoms with Gasteiger partial charge >= 0.3 is 0 Å². The molecule has 2 heterocycles. The molecule has 6 heteroatoms. The standard InChI is InChI=1S/C19H22FN3O2/c1-13-8-14(2)10-15(9-13)21-18(24)12-23-7-6-16(11-23)25-19-5-3-4-17(20)22-19/h3-5,8-10,16H,6-7,11-12H2,1-2H3,(H,21,24). The predicted molar refractivity (Wildman–Crippen MR) is 94.2 cm³/mol. The fourth-order valence-electron chi connectivity index (χ4n) is 3.11. The van der Waals surface area contributed by atoms with E-state index in [1.54, 1.807) is 12.1 Å². The lowest BCUT2D eigenvalue weighted by molar-refractivity contribution is -0.117. The van der Waals surface area contributed by atoms with Crippen molar-refractivity contribution in [1.29, 1.82) is 0 Å². The zero-order valence-electron chi connectivity index (χ0n) is 14.5. The van der Waals surface area contributed by atoms with Gasteiger partial charge in [0.05, 0.1) is 6.54 Å². The molecule has 1 aliphatic rings. The van der Waals surface area contributed by atoms with Crippen LogP contribution >= 0.6 is 0 Å². The molecule has 5 nitrogen and oxygen atoms in total. The maximum absolute atomic E-state index is 13.1. The Morgan fingerprint density at radius 3 is 2.80 bits per heavy atom. The summed E-state index contributed by atoms with van der Waals surface area (Å²) in [5.41, 5.74) is 3.05. The zero-order chi connectivity index (χ0) is 17.8. The Kier molecular flexibility index (Phi) is 5.28. The first-order valence-electron chi connectivity index (χ1n) is 8.37. The second-order valence-electron chi connectivity index (χ2n) is 6.49. The number of ether oxygens (including phenoxy) is 1. The number of hydrogen-bond donors (Lipinski definition) is 1. The van der Waals surface area contributed by atoms with Gasteiger partial charge in [-0.2, -0.15) is 9.37 Å². The van der Waals surface area contributed by atoms with E-state index in [9.17, 15) is 9.18 Å². The van der Waals surface area contributed by atoms with Crippen molar-refractivity contribution in [3.05, 3.63) is 53.5 Å². The molecule has 1 atom stereocenters. The van der Waals surface area contributed by atoms with Crippen LogP contribution in [0, 0.1) is 19.8 Å². The number of nitrogens with zero attached hydrogens (tertiary/aromatic N) is 2. The van der Waals surface area contributed by atoms with Crippen LogP contribution in [-0.4, -0.2) is 41.5 Å². The second kappa shape index (κ2) is 7.61. The van der Waals surface area contributed by atoms with Gasteiger partial charge in [-0.1, -0.05) is 12.1 Å². The average Bonchev–Trinajstić information content (AvgIpc) is 2.92. The largest absolute Gasteiger partial charge is 0.473 e. The number of amides is 1. The van der Waals surface area contributed by atoms with Gasteiger partial charge in [0.1, 0.15) is 6.10 Å². The number of benzene rings is 1. The van der Waals surface area contributed by atoms with E-state index in [0.29, 0.717) is 13.1 Å². The summed E-state index contributed by atoms with van der Waals surface area (Å²) >= 11 is 0. The van der Waals surface area contributed by atoms with Crippen molar-refractivity contribution < 1.29 is 13.9 Å². The summed E-state index contributed by atoms with van der Waals surface area (Å²) in [6.07, 6.45) is 0.706. The van der Waals surface area contributed by atoms with Crippen LogP contribution in [0.4, 0.5) is 10.1 Å². The van der Waals surface area contributed by atoms with Crippen molar-refractivity contribution in [3.8, 4) is 5.88 Å². The first-order chi connectivity index (χ1) is 12.0. The summed E-state index contributed by atoms with van der Waals surface area (Å²) in [6, 6.07) is 10.5. The van der Waals surface area contributed by atoms with Gasteiger partial charge in [0, 0.05) is 24.8 Å². The molecule has 1 aliphatic heterocycles. The maximum atomic E-state index is 13.1. The van der Waals surface area contributed by atoms with Crippen molar-refractivity contribution >= 4 is 11.6 Å². The van der Waals surface area contributed by atoms with Crippen molar-refractivity contribution in [2.75, 3.05) is 25.0 Å². The molecule has 132 valence electrons. The topological polar surface area (TPSA) is 54.5 Å². The molecule has 1 aromatic heterocycles. The number of nitrogens with one attached hydrogen (secondary N) is 1. The van der Waals surface area contributed by atoms with E-state index < -0.39 is 5.95 Å². The van der Waals surface area contributed by atoms with Crippen LogP contribution in [-0.2, 0) is 4.79 Å². The van der Waals surface area contributed by atoms with Crippen LogP contribution in [0.1, 0.15) is 17.5 Å². The molecule has 3 rings (SSSR count). The molecule has 1 saturated heterocycles. The lowest BCUT2D eigenvalue weighted by Crippen LogP contribution is -2.33. The fourth-order valence-corrected chi connectivity index (χ4v) is 3.11. The third kappa shape index (κ3) is 5.00. The van der Waals surface area contributed by atoms with Gasteiger partial charge in [-0.3, -0.25) is 9.69 Å². The first-order valence-corrected chi connectivity index (χ1v) is 8.37. The van der Waals surface area contributed by atoms with Crippen LogP contribution in [0.15, 0.2) is 36.4 Å². The molecule has 0 saturated carbocycles. The number of rotatable bonds is 5. The smallest absolute Gasteiger partial charge is 0.238 e. The molecule has 1 aromatic carbocycles. The number of hydrogen-bond acceptors (Lipinski definition) is 4. The minimum atomic E-state index is -0.555. The number of likely N-dealkylation sites (tertiary alicyclic amines) is 1. The van der Waals surface area contributed by atoms with Gasteiger partial charge in [0.25, 0.3) is 0 Å². The monoisotopic (exact) mass is 343 g/mol. The Balaban J connectivity index is 1.50.